The van der Waals surface area contributed by atoms with Gasteiger partial charge in [-0.2, -0.15) is 0 Å². The Morgan fingerprint density at radius 1 is 0.733 bits per heavy atom. The summed E-state index contributed by atoms with van der Waals surface area (Å²) in [4.78, 5) is 0. The Hall–Kier alpha value is -0.200. The third kappa shape index (κ3) is 4.90. The zero-order chi connectivity index (χ0) is 11.9. The van der Waals surface area contributed by atoms with Crippen molar-refractivity contribution in [1.82, 2.24) is 0 Å². The van der Waals surface area contributed by atoms with E-state index in [1.54, 1.807) is 13.8 Å². The van der Waals surface area contributed by atoms with E-state index >= 15 is 0 Å². The molecule has 0 heterocycles. The molecule has 15 heavy (non-hydrogen) atoms. The van der Waals surface area contributed by atoms with Crippen molar-refractivity contribution in [3.05, 3.63) is 0 Å². The van der Waals surface area contributed by atoms with Crippen molar-refractivity contribution < 1.29 is 25.2 Å². The molecule has 0 amide bonds. The maximum absolute atomic E-state index is 8.99. The molecule has 0 aliphatic rings. The summed E-state index contributed by atoms with van der Waals surface area (Å²) in [6, 6.07) is 0. The van der Waals surface area contributed by atoms with Crippen molar-refractivity contribution in [2.45, 2.75) is 13.8 Å². The van der Waals surface area contributed by atoms with Gasteiger partial charge in [-0.15, -0.1) is 0 Å². The predicted octanol–water partition coefficient (Wildman–Crippen LogP) is -1.02. The SMILES string of the molecule is CC(CO)(CO)COCC(C)(CO)CO. The molecule has 5 nitrogen and oxygen atoms in total. The van der Waals surface area contributed by atoms with Gasteiger partial charge in [0.25, 0.3) is 0 Å². The monoisotopic (exact) mass is 222 g/mol. The molecule has 0 aromatic rings. The number of rotatable bonds is 8. The molecule has 5 heteroatoms. The van der Waals surface area contributed by atoms with Gasteiger partial charge in [-0.25, -0.2) is 0 Å². The van der Waals surface area contributed by atoms with Gasteiger partial charge in [0, 0.05) is 10.8 Å². The molecule has 0 fully saturated rings. The third-order valence-corrected chi connectivity index (χ3v) is 2.43. The van der Waals surface area contributed by atoms with Gasteiger partial charge in [0.05, 0.1) is 39.6 Å². The lowest BCUT2D eigenvalue weighted by atomic mass is 9.93. The van der Waals surface area contributed by atoms with E-state index in [1.165, 1.54) is 0 Å². The number of hydrogen-bond donors (Lipinski definition) is 4. The van der Waals surface area contributed by atoms with E-state index in [0.717, 1.165) is 0 Å². The van der Waals surface area contributed by atoms with E-state index in [0.29, 0.717) is 0 Å². The Kier molecular flexibility index (Phi) is 6.31. The molecule has 0 rings (SSSR count). The quantitative estimate of drug-likeness (QED) is 0.422. The summed E-state index contributed by atoms with van der Waals surface area (Å²) < 4.78 is 5.29. The smallest absolute Gasteiger partial charge is 0.0564 e. The standard InChI is InChI=1S/C10H22O5/c1-9(3-11,4-12)7-15-8-10(2,5-13)6-14/h11-14H,3-8H2,1-2H3. The first-order chi connectivity index (χ1) is 6.95. The first kappa shape index (κ1) is 14.8. The van der Waals surface area contributed by atoms with Crippen LogP contribution in [0, 0.1) is 10.8 Å². The van der Waals surface area contributed by atoms with Gasteiger partial charge in [0.2, 0.25) is 0 Å². The molecule has 4 N–H and O–H groups in total. The molecule has 0 aromatic heterocycles. The molecule has 0 saturated heterocycles. The average Bonchev–Trinajstić information content (AvgIpc) is 2.28. The van der Waals surface area contributed by atoms with Crippen LogP contribution in [0.4, 0.5) is 0 Å². The van der Waals surface area contributed by atoms with Crippen LogP contribution in [0.1, 0.15) is 13.8 Å². The fourth-order valence-corrected chi connectivity index (χ4v) is 0.826. The largest absolute Gasteiger partial charge is 0.396 e. The van der Waals surface area contributed by atoms with Crippen LogP contribution in [0.5, 0.6) is 0 Å². The summed E-state index contributed by atoms with van der Waals surface area (Å²) in [6.07, 6.45) is 0. The van der Waals surface area contributed by atoms with Crippen molar-refractivity contribution >= 4 is 0 Å². The van der Waals surface area contributed by atoms with E-state index in [1.807, 2.05) is 0 Å². The normalized spacial score (nSPS) is 13.2. The second-order valence-electron chi connectivity index (χ2n) is 4.75. The van der Waals surface area contributed by atoms with Gasteiger partial charge in [-0.05, 0) is 0 Å². The molecule has 0 aromatic carbocycles. The first-order valence-corrected chi connectivity index (χ1v) is 4.96. The molecule has 0 unspecified atom stereocenters. The van der Waals surface area contributed by atoms with Gasteiger partial charge >= 0.3 is 0 Å². The molecule has 0 atom stereocenters. The van der Waals surface area contributed by atoms with Gasteiger partial charge in [0.1, 0.15) is 0 Å². The van der Waals surface area contributed by atoms with Crippen LogP contribution < -0.4 is 0 Å². The number of hydrogen-bond acceptors (Lipinski definition) is 5. The molecule has 92 valence electrons. The first-order valence-electron chi connectivity index (χ1n) is 4.96. The van der Waals surface area contributed by atoms with E-state index in [9.17, 15) is 0 Å². The van der Waals surface area contributed by atoms with Crippen molar-refractivity contribution in [3.63, 3.8) is 0 Å². The summed E-state index contributed by atoms with van der Waals surface area (Å²) in [7, 11) is 0. The van der Waals surface area contributed by atoms with Crippen molar-refractivity contribution in [1.29, 1.82) is 0 Å². The number of aliphatic hydroxyl groups excluding tert-OH is 4. The summed E-state index contributed by atoms with van der Waals surface area (Å²) in [5.74, 6) is 0. The molecule has 0 spiro atoms. The highest BCUT2D eigenvalue weighted by Gasteiger charge is 2.27. The van der Waals surface area contributed by atoms with Crippen molar-refractivity contribution in [2.75, 3.05) is 39.6 Å². The Morgan fingerprint density at radius 2 is 1.00 bits per heavy atom. The highest BCUT2D eigenvalue weighted by atomic mass is 16.5. The highest BCUT2D eigenvalue weighted by Crippen LogP contribution is 2.19. The number of aliphatic hydroxyl groups is 4. The lowest BCUT2D eigenvalue weighted by Crippen LogP contribution is -2.36. The topological polar surface area (TPSA) is 90.2 Å². The minimum atomic E-state index is -0.675. The van der Waals surface area contributed by atoms with E-state index in [2.05, 4.69) is 0 Å². The van der Waals surface area contributed by atoms with Crippen molar-refractivity contribution in [2.24, 2.45) is 10.8 Å². The summed E-state index contributed by atoms with van der Waals surface area (Å²) >= 11 is 0. The minimum Gasteiger partial charge on any atom is -0.396 e. The van der Waals surface area contributed by atoms with E-state index < -0.39 is 10.8 Å². The van der Waals surface area contributed by atoms with Crippen LogP contribution in [0.15, 0.2) is 0 Å². The Morgan fingerprint density at radius 3 is 1.20 bits per heavy atom. The summed E-state index contributed by atoms with van der Waals surface area (Å²) in [5.41, 5.74) is -1.35. The minimum absolute atomic E-state index is 0.168. The predicted molar refractivity (Wildman–Crippen MR) is 55.4 cm³/mol. The Balaban J connectivity index is 3.96. The zero-order valence-electron chi connectivity index (χ0n) is 9.44. The van der Waals surface area contributed by atoms with Crippen LogP contribution >= 0.6 is 0 Å². The zero-order valence-corrected chi connectivity index (χ0v) is 9.44. The van der Waals surface area contributed by atoms with Gasteiger partial charge < -0.3 is 25.2 Å². The molecule has 0 aliphatic heterocycles. The highest BCUT2D eigenvalue weighted by molar-refractivity contribution is 4.74. The third-order valence-electron chi connectivity index (χ3n) is 2.43. The molecule has 0 radical (unpaired) electrons. The summed E-state index contributed by atoms with van der Waals surface area (Å²) in [5, 5.41) is 36.0. The van der Waals surface area contributed by atoms with Crippen LogP contribution in [-0.4, -0.2) is 60.1 Å². The maximum atomic E-state index is 8.99. The average molecular weight is 222 g/mol. The van der Waals surface area contributed by atoms with Gasteiger partial charge in [-0.3, -0.25) is 0 Å². The van der Waals surface area contributed by atoms with Crippen LogP contribution in [0.2, 0.25) is 0 Å². The Bertz CT molecular complexity index is 145. The van der Waals surface area contributed by atoms with Crippen molar-refractivity contribution in [3.8, 4) is 0 Å². The lowest BCUT2D eigenvalue weighted by molar-refractivity contribution is -0.0638. The maximum Gasteiger partial charge on any atom is 0.0564 e. The molecular formula is C10H22O5. The van der Waals surface area contributed by atoms with Crippen LogP contribution in [-0.2, 0) is 4.74 Å². The molecule has 0 saturated carbocycles. The number of ether oxygens (including phenoxy) is 1. The fraction of sp³-hybridized carbons (Fsp3) is 1.00. The summed E-state index contributed by atoms with van der Waals surface area (Å²) in [6.45, 7) is 3.10. The van der Waals surface area contributed by atoms with Crippen LogP contribution in [0.3, 0.4) is 0 Å². The van der Waals surface area contributed by atoms with E-state index in [4.69, 9.17) is 25.2 Å². The van der Waals surface area contributed by atoms with Crippen LogP contribution in [0.25, 0.3) is 0 Å². The second kappa shape index (κ2) is 6.40. The molecule has 0 aliphatic carbocycles. The lowest BCUT2D eigenvalue weighted by Gasteiger charge is -2.29. The molecule has 0 bridgehead atoms. The fourth-order valence-electron chi connectivity index (χ4n) is 0.826. The molecular weight excluding hydrogens is 200 g/mol. The van der Waals surface area contributed by atoms with E-state index in [-0.39, 0.29) is 39.6 Å². The Labute approximate surface area is 90.3 Å². The van der Waals surface area contributed by atoms with Gasteiger partial charge in [0.15, 0.2) is 0 Å². The second-order valence-corrected chi connectivity index (χ2v) is 4.75. The van der Waals surface area contributed by atoms with Gasteiger partial charge in [-0.1, -0.05) is 13.8 Å².